The number of phenolic OH excluding ortho intramolecular Hbond substituents is 1. The summed E-state index contributed by atoms with van der Waals surface area (Å²) in [7, 11) is 1.47. The maximum atomic E-state index is 9.90. The van der Waals surface area contributed by atoms with Crippen molar-refractivity contribution in [2.45, 2.75) is 0 Å². The average molecular weight is 448 g/mol. The zero-order chi connectivity index (χ0) is 18.7. The van der Waals surface area contributed by atoms with Gasteiger partial charge in [0, 0.05) is 16.0 Å². The molecule has 0 bridgehead atoms. The van der Waals surface area contributed by atoms with Crippen LogP contribution in [0.2, 0.25) is 5.02 Å². The fourth-order valence-electron chi connectivity index (χ4n) is 2.29. The summed E-state index contributed by atoms with van der Waals surface area (Å²) < 4.78 is 5.63. The number of thiazole rings is 1. The maximum absolute atomic E-state index is 9.90. The predicted molar refractivity (Wildman–Crippen MR) is 108 cm³/mol. The summed E-state index contributed by atoms with van der Waals surface area (Å²) in [5.41, 5.74) is 2.86. The number of benzene rings is 2. The third-order valence-electron chi connectivity index (χ3n) is 3.58. The van der Waals surface area contributed by atoms with E-state index in [4.69, 9.17) is 16.3 Å². The van der Waals surface area contributed by atoms with Gasteiger partial charge in [0.15, 0.2) is 11.5 Å². The van der Waals surface area contributed by atoms with Gasteiger partial charge in [-0.05, 0) is 51.8 Å². The normalized spacial score (nSPS) is 11.2. The number of aromatic hydroxyl groups is 1. The van der Waals surface area contributed by atoms with Crippen molar-refractivity contribution < 1.29 is 9.84 Å². The van der Waals surface area contributed by atoms with Gasteiger partial charge in [0.25, 0.3) is 0 Å². The van der Waals surface area contributed by atoms with Crippen LogP contribution in [0, 0.1) is 11.3 Å². The third kappa shape index (κ3) is 3.91. The Kier molecular flexibility index (Phi) is 5.62. The van der Waals surface area contributed by atoms with Crippen molar-refractivity contribution >= 4 is 50.5 Å². The number of phenols is 1. The average Bonchev–Trinajstić information content (AvgIpc) is 3.13. The lowest BCUT2D eigenvalue weighted by molar-refractivity contribution is 0.372. The fraction of sp³-hybridized carbons (Fsp3) is 0.0526. The smallest absolute Gasteiger partial charge is 0.172 e. The van der Waals surface area contributed by atoms with Crippen LogP contribution in [0.1, 0.15) is 10.6 Å². The first-order valence-electron chi connectivity index (χ1n) is 7.42. The molecule has 0 radical (unpaired) electrons. The molecule has 0 spiro atoms. The van der Waals surface area contributed by atoms with Crippen molar-refractivity contribution in [1.82, 2.24) is 4.98 Å². The third-order valence-corrected chi connectivity index (χ3v) is 5.31. The number of ether oxygens (including phenoxy) is 1. The molecule has 0 saturated heterocycles. The van der Waals surface area contributed by atoms with Crippen molar-refractivity contribution in [3.8, 4) is 28.8 Å². The number of allylic oxidation sites excluding steroid dienone is 1. The summed E-state index contributed by atoms with van der Waals surface area (Å²) in [4.78, 5) is 4.55. The first-order valence-corrected chi connectivity index (χ1v) is 9.47. The van der Waals surface area contributed by atoms with Crippen LogP contribution in [0.5, 0.6) is 11.5 Å². The zero-order valence-electron chi connectivity index (χ0n) is 13.5. The predicted octanol–water partition coefficient (Wildman–Crippen LogP) is 6.00. The van der Waals surface area contributed by atoms with Crippen LogP contribution >= 0.6 is 38.9 Å². The Labute approximate surface area is 168 Å². The Bertz CT molecular complexity index is 1020. The molecular weight excluding hydrogens is 436 g/mol. The lowest BCUT2D eigenvalue weighted by atomic mass is 10.1. The Balaban J connectivity index is 1.97. The quantitative estimate of drug-likeness (QED) is 0.498. The first-order chi connectivity index (χ1) is 12.5. The molecule has 0 amide bonds. The van der Waals surface area contributed by atoms with E-state index in [-0.39, 0.29) is 5.75 Å². The van der Waals surface area contributed by atoms with E-state index in [2.05, 4.69) is 27.0 Å². The van der Waals surface area contributed by atoms with Gasteiger partial charge in [-0.25, -0.2) is 4.98 Å². The minimum absolute atomic E-state index is 0.0161. The molecular formula is C19H12BrClN2O2S. The molecule has 3 aromatic rings. The molecule has 0 aliphatic carbocycles. The topological polar surface area (TPSA) is 66.1 Å². The minimum atomic E-state index is 0.0161. The van der Waals surface area contributed by atoms with Crippen LogP contribution < -0.4 is 4.74 Å². The molecule has 7 heteroatoms. The molecule has 0 unspecified atom stereocenters. The number of methoxy groups -OCH3 is 1. The van der Waals surface area contributed by atoms with Gasteiger partial charge in [0.05, 0.1) is 22.8 Å². The van der Waals surface area contributed by atoms with E-state index < -0.39 is 0 Å². The van der Waals surface area contributed by atoms with Crippen LogP contribution in [-0.4, -0.2) is 17.2 Å². The molecule has 0 atom stereocenters. The molecule has 130 valence electrons. The van der Waals surface area contributed by atoms with Crippen molar-refractivity contribution in [3.05, 3.63) is 61.8 Å². The number of rotatable bonds is 4. The molecule has 0 aliphatic heterocycles. The molecule has 0 aliphatic rings. The van der Waals surface area contributed by atoms with Crippen molar-refractivity contribution in [3.63, 3.8) is 0 Å². The van der Waals surface area contributed by atoms with Gasteiger partial charge in [-0.3, -0.25) is 0 Å². The van der Waals surface area contributed by atoms with E-state index >= 15 is 0 Å². The Hall–Kier alpha value is -2.33. The molecule has 4 nitrogen and oxygen atoms in total. The van der Waals surface area contributed by atoms with E-state index in [1.54, 1.807) is 30.3 Å². The number of nitrogens with zero attached hydrogens (tertiary/aromatic N) is 2. The van der Waals surface area contributed by atoms with E-state index in [0.717, 1.165) is 11.3 Å². The molecule has 1 aromatic heterocycles. The second-order valence-corrected chi connectivity index (χ2v) is 7.42. The highest BCUT2D eigenvalue weighted by molar-refractivity contribution is 9.10. The van der Waals surface area contributed by atoms with Gasteiger partial charge in [0.1, 0.15) is 11.1 Å². The summed E-state index contributed by atoms with van der Waals surface area (Å²) in [5.74, 6) is 0.339. The first kappa shape index (κ1) is 18.5. The van der Waals surface area contributed by atoms with Crippen LogP contribution in [0.15, 0.2) is 46.3 Å². The summed E-state index contributed by atoms with van der Waals surface area (Å²) >= 11 is 10.6. The number of hydrogen-bond donors (Lipinski definition) is 1. The van der Waals surface area contributed by atoms with Crippen LogP contribution in [0.4, 0.5) is 0 Å². The van der Waals surface area contributed by atoms with E-state index in [1.165, 1.54) is 18.4 Å². The van der Waals surface area contributed by atoms with E-state index in [1.807, 2.05) is 17.5 Å². The van der Waals surface area contributed by atoms with Gasteiger partial charge >= 0.3 is 0 Å². The Morgan fingerprint density at radius 3 is 2.73 bits per heavy atom. The highest BCUT2D eigenvalue weighted by Gasteiger charge is 2.12. The molecule has 2 aromatic carbocycles. The number of halogens is 2. The minimum Gasteiger partial charge on any atom is -0.503 e. The molecule has 1 heterocycles. The lowest BCUT2D eigenvalue weighted by Gasteiger charge is -2.06. The Morgan fingerprint density at radius 2 is 2.08 bits per heavy atom. The largest absolute Gasteiger partial charge is 0.503 e. The summed E-state index contributed by atoms with van der Waals surface area (Å²) in [6.07, 6.45) is 1.71. The SMILES string of the molecule is COc1cc(/C=C(\C#N)c2nc(-c3ccc(Cl)cc3)cs2)cc(Br)c1O. The monoisotopic (exact) mass is 446 g/mol. The lowest BCUT2D eigenvalue weighted by Crippen LogP contribution is -1.87. The molecule has 3 rings (SSSR count). The fourth-order valence-corrected chi connectivity index (χ4v) is 3.67. The summed E-state index contributed by atoms with van der Waals surface area (Å²) in [5, 5.41) is 22.6. The standard InChI is InChI=1S/C19H12BrClN2O2S/c1-25-17-8-11(7-15(20)18(17)24)6-13(9-22)19-23-16(10-26-19)12-2-4-14(21)5-3-12/h2-8,10,24H,1H3/b13-6+. The van der Waals surface area contributed by atoms with Crippen molar-refractivity contribution in [1.29, 1.82) is 5.26 Å². The van der Waals surface area contributed by atoms with E-state index in [0.29, 0.717) is 31.4 Å². The van der Waals surface area contributed by atoms with Gasteiger partial charge in [-0.2, -0.15) is 5.26 Å². The van der Waals surface area contributed by atoms with Crippen LogP contribution in [-0.2, 0) is 0 Å². The maximum Gasteiger partial charge on any atom is 0.172 e. The zero-order valence-corrected chi connectivity index (χ0v) is 16.7. The molecule has 0 saturated carbocycles. The number of aromatic nitrogens is 1. The van der Waals surface area contributed by atoms with Gasteiger partial charge in [0.2, 0.25) is 0 Å². The summed E-state index contributed by atoms with van der Waals surface area (Å²) in [6, 6.07) is 12.9. The highest BCUT2D eigenvalue weighted by Crippen LogP contribution is 2.36. The molecule has 0 fully saturated rings. The summed E-state index contributed by atoms with van der Waals surface area (Å²) in [6.45, 7) is 0. The highest BCUT2D eigenvalue weighted by atomic mass is 79.9. The molecule has 26 heavy (non-hydrogen) atoms. The second kappa shape index (κ2) is 7.92. The van der Waals surface area contributed by atoms with Crippen LogP contribution in [0.25, 0.3) is 22.9 Å². The second-order valence-electron chi connectivity index (χ2n) is 5.27. The number of hydrogen-bond acceptors (Lipinski definition) is 5. The van der Waals surface area contributed by atoms with Gasteiger partial charge < -0.3 is 9.84 Å². The van der Waals surface area contributed by atoms with Gasteiger partial charge in [-0.1, -0.05) is 23.7 Å². The van der Waals surface area contributed by atoms with Gasteiger partial charge in [-0.15, -0.1) is 11.3 Å². The number of nitriles is 1. The van der Waals surface area contributed by atoms with E-state index in [9.17, 15) is 10.4 Å². The Morgan fingerprint density at radius 1 is 1.35 bits per heavy atom. The van der Waals surface area contributed by atoms with Crippen molar-refractivity contribution in [2.24, 2.45) is 0 Å². The molecule has 1 N–H and O–H groups in total. The van der Waals surface area contributed by atoms with Crippen molar-refractivity contribution in [2.75, 3.05) is 7.11 Å². The van der Waals surface area contributed by atoms with Crippen LogP contribution in [0.3, 0.4) is 0 Å².